The van der Waals surface area contributed by atoms with Crippen molar-refractivity contribution in [2.45, 2.75) is 39.5 Å². The normalized spacial score (nSPS) is 15.5. The number of aryl methyl sites for hydroxylation is 3. The van der Waals surface area contributed by atoms with Crippen molar-refractivity contribution in [3.63, 3.8) is 0 Å². The zero-order chi connectivity index (χ0) is 17.9. The van der Waals surface area contributed by atoms with Gasteiger partial charge in [0.2, 0.25) is 0 Å². The molecule has 4 rings (SSSR count). The van der Waals surface area contributed by atoms with Crippen LogP contribution in [-0.4, -0.2) is 29.5 Å². The van der Waals surface area contributed by atoms with Gasteiger partial charge in [-0.3, -0.25) is 4.90 Å². The predicted molar refractivity (Wildman–Crippen MR) is 114 cm³/mol. The minimum Gasteiger partial charge on any atom is -0.361 e. The number of hydrogen-bond acceptors (Lipinski definition) is 2. The molecule has 0 unspecified atom stereocenters. The molecule has 0 aliphatic carbocycles. The summed E-state index contributed by atoms with van der Waals surface area (Å²) in [6, 6.07) is 9.02. The average Bonchev–Trinajstić information content (AvgIpc) is 3.31. The molecule has 0 radical (unpaired) electrons. The van der Waals surface area contributed by atoms with Crippen LogP contribution in [0, 0.1) is 13.8 Å². The molecule has 2 nitrogen and oxygen atoms in total. The summed E-state index contributed by atoms with van der Waals surface area (Å²) in [6.45, 7) is 7.93. The molecular weight excluding hydrogens is 336 g/mol. The van der Waals surface area contributed by atoms with Crippen molar-refractivity contribution in [1.82, 2.24) is 9.88 Å². The van der Waals surface area contributed by atoms with Gasteiger partial charge in [-0.15, -0.1) is 11.3 Å². The molecule has 1 N–H and O–H groups in total. The van der Waals surface area contributed by atoms with E-state index in [1.807, 2.05) is 11.3 Å². The second-order valence-corrected chi connectivity index (χ2v) is 8.46. The van der Waals surface area contributed by atoms with Gasteiger partial charge in [-0.1, -0.05) is 12.1 Å². The van der Waals surface area contributed by atoms with Crippen LogP contribution in [0.25, 0.3) is 16.5 Å². The standard InChI is InChI=1S/C23H28N2S/c1-17-14-21-20(16-24-22(21)15-18(17)2)6-3-4-10-25-11-8-19(9-12-25)23-7-5-13-26-23/h5,7-8,13-16,24H,3-4,6,9-12H2,1-2H3. The van der Waals surface area contributed by atoms with Crippen LogP contribution in [0.15, 0.2) is 41.9 Å². The number of aromatic amines is 1. The SMILES string of the molecule is Cc1cc2[nH]cc(CCCCN3CC=C(c4cccs4)CC3)c2cc1C. The third-order valence-corrected chi connectivity index (χ3v) is 6.63. The van der Waals surface area contributed by atoms with Crippen LogP contribution >= 0.6 is 11.3 Å². The van der Waals surface area contributed by atoms with Gasteiger partial charge in [-0.25, -0.2) is 0 Å². The molecular formula is C23H28N2S. The van der Waals surface area contributed by atoms with Crippen molar-refractivity contribution in [2.75, 3.05) is 19.6 Å². The quantitative estimate of drug-likeness (QED) is 0.535. The summed E-state index contributed by atoms with van der Waals surface area (Å²) in [5.41, 5.74) is 7.05. The second-order valence-electron chi connectivity index (χ2n) is 7.51. The van der Waals surface area contributed by atoms with Gasteiger partial charge in [-0.05, 0) is 91.9 Å². The largest absolute Gasteiger partial charge is 0.361 e. The molecule has 0 atom stereocenters. The topological polar surface area (TPSA) is 19.0 Å². The highest BCUT2D eigenvalue weighted by atomic mass is 32.1. The first-order valence-electron chi connectivity index (χ1n) is 9.73. The highest BCUT2D eigenvalue weighted by Gasteiger charge is 2.13. The fourth-order valence-electron chi connectivity index (χ4n) is 3.90. The lowest BCUT2D eigenvalue weighted by atomic mass is 10.0. The van der Waals surface area contributed by atoms with E-state index >= 15 is 0 Å². The fourth-order valence-corrected chi connectivity index (χ4v) is 4.70. The maximum Gasteiger partial charge on any atom is 0.0459 e. The van der Waals surface area contributed by atoms with Gasteiger partial charge in [0, 0.05) is 35.1 Å². The van der Waals surface area contributed by atoms with E-state index in [1.165, 1.54) is 71.2 Å². The Balaban J connectivity index is 1.27. The van der Waals surface area contributed by atoms with Crippen molar-refractivity contribution in [3.05, 3.63) is 63.5 Å². The van der Waals surface area contributed by atoms with E-state index in [2.05, 4.69) is 65.6 Å². The summed E-state index contributed by atoms with van der Waals surface area (Å²) >= 11 is 1.86. The molecule has 3 heterocycles. The van der Waals surface area contributed by atoms with E-state index in [-0.39, 0.29) is 0 Å². The Morgan fingerprint density at radius 2 is 2.04 bits per heavy atom. The molecule has 1 aliphatic heterocycles. The highest BCUT2D eigenvalue weighted by molar-refractivity contribution is 7.11. The molecule has 0 bridgehead atoms. The highest BCUT2D eigenvalue weighted by Crippen LogP contribution is 2.26. The van der Waals surface area contributed by atoms with Crippen LogP contribution in [0.5, 0.6) is 0 Å². The van der Waals surface area contributed by atoms with E-state index in [4.69, 9.17) is 0 Å². The molecule has 26 heavy (non-hydrogen) atoms. The Morgan fingerprint density at radius 1 is 1.15 bits per heavy atom. The van der Waals surface area contributed by atoms with Gasteiger partial charge in [0.25, 0.3) is 0 Å². The Kier molecular flexibility index (Phi) is 5.28. The smallest absolute Gasteiger partial charge is 0.0459 e. The molecule has 2 aromatic heterocycles. The minimum absolute atomic E-state index is 1.11. The average molecular weight is 365 g/mol. The van der Waals surface area contributed by atoms with Crippen molar-refractivity contribution >= 4 is 27.8 Å². The minimum atomic E-state index is 1.11. The fraction of sp³-hybridized carbons (Fsp3) is 0.391. The molecule has 3 aromatic rings. The van der Waals surface area contributed by atoms with E-state index in [0.717, 1.165) is 6.54 Å². The van der Waals surface area contributed by atoms with Crippen molar-refractivity contribution < 1.29 is 0 Å². The van der Waals surface area contributed by atoms with Crippen molar-refractivity contribution in [3.8, 4) is 0 Å². The number of rotatable bonds is 6. The molecule has 0 fully saturated rings. The van der Waals surface area contributed by atoms with Gasteiger partial charge < -0.3 is 4.98 Å². The van der Waals surface area contributed by atoms with Gasteiger partial charge in [0.1, 0.15) is 0 Å². The summed E-state index contributed by atoms with van der Waals surface area (Å²) in [5.74, 6) is 0. The van der Waals surface area contributed by atoms with E-state index in [0.29, 0.717) is 0 Å². The lowest BCUT2D eigenvalue weighted by molar-refractivity contribution is 0.295. The third-order valence-electron chi connectivity index (χ3n) is 5.68. The van der Waals surface area contributed by atoms with Crippen LogP contribution in [-0.2, 0) is 6.42 Å². The van der Waals surface area contributed by atoms with E-state index in [1.54, 1.807) is 5.57 Å². The van der Waals surface area contributed by atoms with Gasteiger partial charge in [0.15, 0.2) is 0 Å². The lowest BCUT2D eigenvalue weighted by Gasteiger charge is -2.25. The van der Waals surface area contributed by atoms with Crippen LogP contribution in [0.4, 0.5) is 0 Å². The van der Waals surface area contributed by atoms with Gasteiger partial charge >= 0.3 is 0 Å². The summed E-state index contributed by atoms with van der Waals surface area (Å²) in [7, 11) is 0. The molecule has 3 heteroatoms. The van der Waals surface area contributed by atoms with Crippen LogP contribution in [0.1, 0.15) is 40.8 Å². The van der Waals surface area contributed by atoms with Crippen molar-refractivity contribution in [1.29, 1.82) is 0 Å². The van der Waals surface area contributed by atoms with Gasteiger partial charge in [-0.2, -0.15) is 0 Å². The Labute approximate surface area is 160 Å². The third kappa shape index (κ3) is 3.79. The monoisotopic (exact) mass is 364 g/mol. The summed E-state index contributed by atoms with van der Waals surface area (Å²) in [5, 5.41) is 3.59. The van der Waals surface area contributed by atoms with E-state index in [9.17, 15) is 0 Å². The number of nitrogens with one attached hydrogen (secondary N) is 1. The number of unbranched alkanes of at least 4 members (excludes halogenated alkanes) is 1. The molecule has 0 saturated carbocycles. The number of hydrogen-bond donors (Lipinski definition) is 1. The van der Waals surface area contributed by atoms with Gasteiger partial charge in [0.05, 0.1) is 0 Å². The van der Waals surface area contributed by atoms with Crippen LogP contribution in [0.3, 0.4) is 0 Å². The Morgan fingerprint density at radius 3 is 2.81 bits per heavy atom. The molecule has 0 spiro atoms. The number of nitrogens with zero attached hydrogens (tertiary/aromatic N) is 1. The molecule has 1 aliphatic rings. The Hall–Kier alpha value is -1.84. The first-order valence-corrected chi connectivity index (χ1v) is 10.6. The maximum atomic E-state index is 3.45. The number of fused-ring (bicyclic) bond motifs is 1. The number of benzene rings is 1. The predicted octanol–water partition coefficient (Wildman–Crippen LogP) is 5.96. The number of H-pyrrole nitrogens is 1. The molecule has 0 saturated heterocycles. The summed E-state index contributed by atoms with van der Waals surface area (Å²) in [6.07, 6.45) is 9.55. The molecule has 0 amide bonds. The summed E-state index contributed by atoms with van der Waals surface area (Å²) in [4.78, 5) is 7.50. The molecule has 136 valence electrons. The second kappa shape index (κ2) is 7.81. The summed E-state index contributed by atoms with van der Waals surface area (Å²) < 4.78 is 0. The van der Waals surface area contributed by atoms with Crippen molar-refractivity contribution in [2.24, 2.45) is 0 Å². The number of thiophene rings is 1. The zero-order valence-electron chi connectivity index (χ0n) is 15.8. The zero-order valence-corrected chi connectivity index (χ0v) is 16.7. The maximum absolute atomic E-state index is 3.45. The number of aromatic nitrogens is 1. The van der Waals surface area contributed by atoms with Crippen LogP contribution < -0.4 is 0 Å². The first kappa shape index (κ1) is 17.6. The van der Waals surface area contributed by atoms with Crippen LogP contribution in [0.2, 0.25) is 0 Å². The molecule has 1 aromatic carbocycles. The Bertz CT molecular complexity index is 902. The van der Waals surface area contributed by atoms with E-state index < -0.39 is 0 Å². The lowest BCUT2D eigenvalue weighted by Crippen LogP contribution is -2.29. The first-order chi connectivity index (χ1) is 12.7.